The number of nitrogens with one attached hydrogen (secondary N) is 2. The van der Waals surface area contributed by atoms with Gasteiger partial charge in [-0.25, -0.2) is 0 Å². The van der Waals surface area contributed by atoms with Crippen molar-refractivity contribution in [3.63, 3.8) is 0 Å². The van der Waals surface area contributed by atoms with Crippen molar-refractivity contribution < 1.29 is 14.3 Å². The maximum atomic E-state index is 12.7. The summed E-state index contributed by atoms with van der Waals surface area (Å²) in [5, 5.41) is 8.21. The van der Waals surface area contributed by atoms with Crippen LogP contribution in [0.4, 0.5) is 0 Å². The first-order chi connectivity index (χ1) is 12.2. The molecule has 2 unspecified atom stereocenters. The van der Waals surface area contributed by atoms with E-state index < -0.39 is 0 Å². The number of benzene rings is 2. The first-order valence-corrected chi connectivity index (χ1v) is 8.94. The van der Waals surface area contributed by atoms with Crippen molar-refractivity contribution in [1.29, 1.82) is 0 Å². The minimum absolute atomic E-state index is 0.0195. The van der Waals surface area contributed by atoms with Crippen LogP contribution in [0.25, 0.3) is 10.8 Å². The molecule has 1 saturated heterocycles. The number of fused-ring (bicyclic) bond motifs is 3. The average molecular weight is 338 g/mol. The van der Waals surface area contributed by atoms with Crippen LogP contribution in [0, 0.1) is 5.92 Å². The highest BCUT2D eigenvalue weighted by atomic mass is 16.5. The summed E-state index contributed by atoms with van der Waals surface area (Å²) in [6.07, 6.45) is 2.80. The van der Waals surface area contributed by atoms with Crippen molar-refractivity contribution >= 4 is 22.6 Å². The van der Waals surface area contributed by atoms with E-state index in [9.17, 15) is 9.59 Å². The van der Waals surface area contributed by atoms with Crippen LogP contribution in [-0.2, 0) is 9.59 Å². The van der Waals surface area contributed by atoms with Gasteiger partial charge >= 0.3 is 0 Å². The first kappa shape index (κ1) is 15.9. The van der Waals surface area contributed by atoms with Gasteiger partial charge in [0.2, 0.25) is 11.8 Å². The Labute approximate surface area is 146 Å². The quantitative estimate of drug-likeness (QED) is 0.885. The third-order valence-corrected chi connectivity index (χ3v) is 5.12. The minimum atomic E-state index is -0.147. The number of piperidine rings is 1. The Bertz CT molecular complexity index is 808. The number of carbonyl (C=O) groups excluding carboxylic acids is 2. The van der Waals surface area contributed by atoms with Crippen molar-refractivity contribution in [1.82, 2.24) is 10.6 Å². The maximum absolute atomic E-state index is 12.7. The lowest BCUT2D eigenvalue weighted by Gasteiger charge is -2.25. The second-order valence-electron chi connectivity index (χ2n) is 6.80. The van der Waals surface area contributed by atoms with E-state index in [2.05, 4.69) is 34.9 Å². The Hall–Kier alpha value is -2.56. The van der Waals surface area contributed by atoms with Gasteiger partial charge in [0.15, 0.2) is 0 Å². The second kappa shape index (κ2) is 6.75. The summed E-state index contributed by atoms with van der Waals surface area (Å²) in [5.74, 6) is 0.790. The molecule has 2 amide bonds. The lowest BCUT2D eigenvalue weighted by atomic mass is 9.95. The second-order valence-corrected chi connectivity index (χ2v) is 6.80. The Morgan fingerprint density at radius 3 is 2.88 bits per heavy atom. The molecule has 5 nitrogen and oxygen atoms in total. The van der Waals surface area contributed by atoms with E-state index in [1.165, 1.54) is 0 Å². The standard InChI is InChI=1S/C20H22N2O3/c23-18-10-8-14(12-21-18)20(24)22-17-6-3-11-25-19-15-5-2-1-4-13(15)7-9-16(17)19/h1-2,4-5,7,9,14,17H,3,6,8,10-12H2,(H,21,23)(H,22,24). The highest BCUT2D eigenvalue weighted by molar-refractivity contribution is 5.90. The molecule has 2 N–H and O–H groups in total. The summed E-state index contributed by atoms with van der Waals surface area (Å²) >= 11 is 0. The molecule has 0 saturated carbocycles. The topological polar surface area (TPSA) is 67.4 Å². The van der Waals surface area contributed by atoms with Gasteiger partial charge in [0, 0.05) is 23.9 Å². The van der Waals surface area contributed by atoms with E-state index in [1.807, 2.05) is 12.1 Å². The van der Waals surface area contributed by atoms with Gasteiger partial charge < -0.3 is 15.4 Å². The van der Waals surface area contributed by atoms with Crippen LogP contribution in [0.15, 0.2) is 36.4 Å². The van der Waals surface area contributed by atoms with Gasteiger partial charge in [-0.1, -0.05) is 36.4 Å². The summed E-state index contributed by atoms with van der Waals surface area (Å²) in [5.41, 5.74) is 1.05. The molecule has 0 radical (unpaired) electrons. The van der Waals surface area contributed by atoms with Gasteiger partial charge in [0.1, 0.15) is 5.75 Å². The number of hydrogen-bond acceptors (Lipinski definition) is 3. The maximum Gasteiger partial charge on any atom is 0.225 e. The smallest absolute Gasteiger partial charge is 0.225 e. The van der Waals surface area contributed by atoms with Crippen LogP contribution >= 0.6 is 0 Å². The van der Waals surface area contributed by atoms with E-state index >= 15 is 0 Å². The fraction of sp³-hybridized carbons (Fsp3) is 0.400. The van der Waals surface area contributed by atoms with E-state index in [1.54, 1.807) is 0 Å². The molecule has 2 heterocycles. The summed E-state index contributed by atoms with van der Waals surface area (Å²) in [6.45, 7) is 1.09. The van der Waals surface area contributed by atoms with Crippen molar-refractivity contribution in [2.75, 3.05) is 13.2 Å². The zero-order chi connectivity index (χ0) is 17.2. The van der Waals surface area contributed by atoms with Crippen molar-refractivity contribution in [3.8, 4) is 5.75 Å². The van der Waals surface area contributed by atoms with Crippen LogP contribution in [-0.4, -0.2) is 25.0 Å². The zero-order valence-corrected chi connectivity index (χ0v) is 14.1. The fourth-order valence-corrected chi connectivity index (χ4v) is 3.71. The van der Waals surface area contributed by atoms with E-state index in [0.29, 0.717) is 26.0 Å². The molecule has 2 aliphatic rings. The van der Waals surface area contributed by atoms with Gasteiger partial charge in [-0.05, 0) is 24.6 Å². The Balaban J connectivity index is 1.60. The number of rotatable bonds is 2. The minimum Gasteiger partial charge on any atom is -0.493 e. The van der Waals surface area contributed by atoms with E-state index in [-0.39, 0.29) is 23.8 Å². The molecule has 4 rings (SSSR count). The highest BCUT2D eigenvalue weighted by Crippen LogP contribution is 2.37. The molecule has 2 atom stereocenters. The van der Waals surface area contributed by atoms with Gasteiger partial charge in [-0.2, -0.15) is 0 Å². The van der Waals surface area contributed by atoms with Crippen molar-refractivity contribution in [3.05, 3.63) is 42.0 Å². The van der Waals surface area contributed by atoms with Crippen LogP contribution in [0.5, 0.6) is 5.75 Å². The van der Waals surface area contributed by atoms with Gasteiger partial charge in [-0.3, -0.25) is 9.59 Å². The first-order valence-electron chi connectivity index (χ1n) is 8.94. The molecular formula is C20H22N2O3. The molecule has 1 fully saturated rings. The number of amides is 2. The predicted octanol–water partition coefficient (Wildman–Crippen LogP) is 2.70. The molecule has 2 aliphatic heterocycles. The van der Waals surface area contributed by atoms with Crippen LogP contribution in [0.3, 0.4) is 0 Å². The molecule has 0 aliphatic carbocycles. The van der Waals surface area contributed by atoms with E-state index in [4.69, 9.17) is 4.74 Å². The Morgan fingerprint density at radius 2 is 2.04 bits per heavy atom. The van der Waals surface area contributed by atoms with Crippen LogP contribution in [0.2, 0.25) is 0 Å². The summed E-state index contributed by atoms with van der Waals surface area (Å²) in [6, 6.07) is 12.3. The molecule has 5 heteroatoms. The summed E-state index contributed by atoms with van der Waals surface area (Å²) in [4.78, 5) is 24.0. The van der Waals surface area contributed by atoms with Gasteiger partial charge in [0.25, 0.3) is 0 Å². The normalized spacial score (nSPS) is 23.1. The lowest BCUT2D eigenvalue weighted by Crippen LogP contribution is -2.43. The van der Waals surface area contributed by atoms with Crippen LogP contribution < -0.4 is 15.4 Å². The third kappa shape index (κ3) is 3.18. The molecule has 2 aromatic rings. The summed E-state index contributed by atoms with van der Waals surface area (Å²) < 4.78 is 6.02. The predicted molar refractivity (Wildman–Crippen MR) is 95.3 cm³/mol. The molecule has 0 aromatic heterocycles. The Morgan fingerprint density at radius 1 is 1.16 bits per heavy atom. The van der Waals surface area contributed by atoms with Crippen molar-refractivity contribution in [2.24, 2.45) is 5.92 Å². The Kier molecular flexibility index (Phi) is 4.30. The zero-order valence-electron chi connectivity index (χ0n) is 14.1. The number of ether oxygens (including phenoxy) is 1. The summed E-state index contributed by atoms with van der Waals surface area (Å²) in [7, 11) is 0. The monoisotopic (exact) mass is 338 g/mol. The molecule has 2 aromatic carbocycles. The molecule has 0 bridgehead atoms. The lowest BCUT2D eigenvalue weighted by molar-refractivity contribution is -0.129. The van der Waals surface area contributed by atoms with Crippen molar-refractivity contribution in [2.45, 2.75) is 31.7 Å². The molecular weight excluding hydrogens is 316 g/mol. The number of carbonyl (C=O) groups is 2. The molecule has 25 heavy (non-hydrogen) atoms. The van der Waals surface area contributed by atoms with Gasteiger partial charge in [-0.15, -0.1) is 0 Å². The fourth-order valence-electron chi connectivity index (χ4n) is 3.71. The molecule has 0 spiro atoms. The third-order valence-electron chi connectivity index (χ3n) is 5.12. The van der Waals surface area contributed by atoms with Gasteiger partial charge in [0.05, 0.1) is 18.6 Å². The highest BCUT2D eigenvalue weighted by Gasteiger charge is 2.28. The largest absolute Gasteiger partial charge is 0.493 e. The average Bonchev–Trinajstić information content (AvgIpc) is 2.85. The number of hydrogen-bond donors (Lipinski definition) is 2. The van der Waals surface area contributed by atoms with Crippen LogP contribution in [0.1, 0.15) is 37.3 Å². The van der Waals surface area contributed by atoms with E-state index in [0.717, 1.165) is 34.9 Å². The SMILES string of the molecule is O=C1CCC(C(=O)NC2CCCOc3c2ccc2ccccc32)CN1. The molecule has 130 valence electrons.